The Morgan fingerprint density at radius 3 is 2.08 bits per heavy atom. The van der Waals surface area contributed by atoms with Gasteiger partial charge in [0.2, 0.25) is 0 Å². The average molecular weight is 179 g/mol. The molecule has 0 heterocycles. The SMILES string of the molecule is NC(=C(CO)CO)c1ccccc1. The summed E-state index contributed by atoms with van der Waals surface area (Å²) in [6, 6.07) is 9.26. The summed E-state index contributed by atoms with van der Waals surface area (Å²) in [5.41, 5.74) is 7.44. The standard InChI is InChI=1S/C10H13NO2/c11-10(9(6-12)7-13)8-4-2-1-3-5-8/h1-5,12-13H,6-7,11H2. The van der Waals surface area contributed by atoms with E-state index in [1.54, 1.807) is 0 Å². The van der Waals surface area contributed by atoms with Crippen LogP contribution >= 0.6 is 0 Å². The zero-order valence-corrected chi connectivity index (χ0v) is 7.27. The lowest BCUT2D eigenvalue weighted by molar-refractivity contribution is 0.277. The highest BCUT2D eigenvalue weighted by molar-refractivity contribution is 5.65. The minimum atomic E-state index is -0.211. The molecular weight excluding hydrogens is 166 g/mol. The normalized spacial score (nSPS) is 9.69. The number of nitrogens with two attached hydrogens (primary N) is 1. The van der Waals surface area contributed by atoms with Crippen LogP contribution in [0.1, 0.15) is 5.56 Å². The molecule has 1 aromatic carbocycles. The molecule has 4 N–H and O–H groups in total. The molecule has 0 spiro atoms. The third-order valence-electron chi connectivity index (χ3n) is 1.85. The van der Waals surface area contributed by atoms with Gasteiger partial charge in [0.05, 0.1) is 13.2 Å². The molecule has 1 aromatic rings. The van der Waals surface area contributed by atoms with E-state index in [0.717, 1.165) is 5.56 Å². The van der Waals surface area contributed by atoms with Gasteiger partial charge in [0.15, 0.2) is 0 Å². The molecule has 0 amide bonds. The Labute approximate surface area is 77.1 Å². The molecule has 0 unspecified atom stereocenters. The van der Waals surface area contributed by atoms with Gasteiger partial charge in [0, 0.05) is 11.3 Å². The lowest BCUT2D eigenvalue weighted by Gasteiger charge is -2.06. The zero-order chi connectivity index (χ0) is 9.68. The Morgan fingerprint density at radius 2 is 1.62 bits per heavy atom. The monoisotopic (exact) mass is 179 g/mol. The summed E-state index contributed by atoms with van der Waals surface area (Å²) in [5.74, 6) is 0. The van der Waals surface area contributed by atoms with Crippen molar-refractivity contribution in [3.05, 3.63) is 41.5 Å². The summed E-state index contributed by atoms with van der Waals surface area (Å²) in [6.45, 7) is -0.422. The Kier molecular flexibility index (Phi) is 3.49. The van der Waals surface area contributed by atoms with Crippen LogP contribution in [0, 0.1) is 0 Å². The van der Waals surface area contributed by atoms with E-state index in [1.165, 1.54) is 0 Å². The fourth-order valence-electron chi connectivity index (χ4n) is 1.04. The van der Waals surface area contributed by atoms with Gasteiger partial charge in [-0.2, -0.15) is 0 Å². The van der Waals surface area contributed by atoms with Gasteiger partial charge < -0.3 is 15.9 Å². The largest absolute Gasteiger partial charge is 0.398 e. The molecule has 0 aliphatic carbocycles. The maximum atomic E-state index is 8.86. The summed E-state index contributed by atoms with van der Waals surface area (Å²) < 4.78 is 0. The predicted octanol–water partition coefficient (Wildman–Crippen LogP) is 0.341. The second-order valence-electron chi connectivity index (χ2n) is 2.70. The van der Waals surface area contributed by atoms with Crippen LogP contribution in [-0.2, 0) is 0 Å². The van der Waals surface area contributed by atoms with Crippen molar-refractivity contribution in [2.75, 3.05) is 13.2 Å². The van der Waals surface area contributed by atoms with Crippen molar-refractivity contribution in [2.45, 2.75) is 0 Å². The van der Waals surface area contributed by atoms with Gasteiger partial charge in [-0.15, -0.1) is 0 Å². The van der Waals surface area contributed by atoms with Gasteiger partial charge in [0.1, 0.15) is 0 Å². The van der Waals surface area contributed by atoms with Crippen LogP contribution in [0.3, 0.4) is 0 Å². The molecule has 0 saturated carbocycles. The Hall–Kier alpha value is -1.32. The van der Waals surface area contributed by atoms with E-state index in [2.05, 4.69) is 0 Å². The van der Waals surface area contributed by atoms with Crippen LogP contribution in [0.4, 0.5) is 0 Å². The summed E-state index contributed by atoms with van der Waals surface area (Å²) in [7, 11) is 0. The van der Waals surface area contributed by atoms with E-state index < -0.39 is 0 Å². The van der Waals surface area contributed by atoms with Crippen molar-refractivity contribution in [3.63, 3.8) is 0 Å². The molecule has 0 radical (unpaired) electrons. The zero-order valence-electron chi connectivity index (χ0n) is 7.27. The molecule has 3 heteroatoms. The first-order valence-electron chi connectivity index (χ1n) is 4.04. The van der Waals surface area contributed by atoms with Crippen molar-refractivity contribution in [2.24, 2.45) is 5.73 Å². The van der Waals surface area contributed by atoms with Crippen LogP contribution in [0.5, 0.6) is 0 Å². The molecular formula is C10H13NO2. The van der Waals surface area contributed by atoms with Crippen molar-refractivity contribution in [1.29, 1.82) is 0 Å². The molecule has 1 rings (SSSR count). The van der Waals surface area contributed by atoms with Gasteiger partial charge in [0.25, 0.3) is 0 Å². The van der Waals surface area contributed by atoms with E-state index in [4.69, 9.17) is 15.9 Å². The van der Waals surface area contributed by atoms with Crippen LogP contribution in [0.15, 0.2) is 35.9 Å². The maximum absolute atomic E-state index is 8.86. The summed E-state index contributed by atoms with van der Waals surface area (Å²) in [6.07, 6.45) is 0. The van der Waals surface area contributed by atoms with E-state index >= 15 is 0 Å². The lowest BCUT2D eigenvalue weighted by atomic mass is 10.1. The topological polar surface area (TPSA) is 66.5 Å². The number of benzene rings is 1. The van der Waals surface area contributed by atoms with Gasteiger partial charge in [-0.05, 0) is 5.56 Å². The Balaban J connectivity index is 3.01. The van der Waals surface area contributed by atoms with E-state index in [-0.39, 0.29) is 13.2 Å². The minimum absolute atomic E-state index is 0.211. The third kappa shape index (κ3) is 2.31. The number of rotatable bonds is 3. The molecule has 0 saturated heterocycles. The van der Waals surface area contributed by atoms with Crippen molar-refractivity contribution in [1.82, 2.24) is 0 Å². The molecule has 0 fully saturated rings. The fourth-order valence-corrected chi connectivity index (χ4v) is 1.04. The lowest BCUT2D eigenvalue weighted by Crippen LogP contribution is -2.07. The highest BCUT2D eigenvalue weighted by atomic mass is 16.3. The highest BCUT2D eigenvalue weighted by Crippen LogP contribution is 2.11. The van der Waals surface area contributed by atoms with Crippen molar-refractivity contribution in [3.8, 4) is 0 Å². The van der Waals surface area contributed by atoms with Gasteiger partial charge in [-0.1, -0.05) is 30.3 Å². The number of aliphatic hydroxyl groups is 2. The van der Waals surface area contributed by atoms with E-state index in [0.29, 0.717) is 11.3 Å². The van der Waals surface area contributed by atoms with E-state index in [1.807, 2.05) is 30.3 Å². The summed E-state index contributed by atoms with van der Waals surface area (Å²) >= 11 is 0. The quantitative estimate of drug-likeness (QED) is 0.627. The highest BCUT2D eigenvalue weighted by Gasteiger charge is 2.02. The molecule has 3 nitrogen and oxygen atoms in total. The summed E-state index contributed by atoms with van der Waals surface area (Å²) in [4.78, 5) is 0. The molecule has 0 aliphatic rings. The van der Waals surface area contributed by atoms with Gasteiger partial charge in [-0.25, -0.2) is 0 Å². The average Bonchev–Trinajstić information content (AvgIpc) is 2.21. The molecule has 0 aliphatic heterocycles. The second kappa shape index (κ2) is 4.64. The van der Waals surface area contributed by atoms with Crippen LogP contribution in [0.25, 0.3) is 5.70 Å². The third-order valence-corrected chi connectivity index (χ3v) is 1.85. The predicted molar refractivity (Wildman–Crippen MR) is 51.7 cm³/mol. The summed E-state index contributed by atoms with van der Waals surface area (Å²) in [5, 5.41) is 17.7. The van der Waals surface area contributed by atoms with E-state index in [9.17, 15) is 0 Å². The fraction of sp³-hybridized carbons (Fsp3) is 0.200. The molecule has 0 aromatic heterocycles. The van der Waals surface area contributed by atoms with Crippen LogP contribution in [0.2, 0.25) is 0 Å². The number of aliphatic hydroxyl groups excluding tert-OH is 2. The van der Waals surface area contributed by atoms with Gasteiger partial charge >= 0.3 is 0 Å². The molecule has 13 heavy (non-hydrogen) atoms. The minimum Gasteiger partial charge on any atom is -0.398 e. The molecule has 70 valence electrons. The first-order chi connectivity index (χ1) is 6.29. The van der Waals surface area contributed by atoms with Crippen LogP contribution < -0.4 is 5.73 Å². The van der Waals surface area contributed by atoms with Crippen LogP contribution in [-0.4, -0.2) is 23.4 Å². The number of hydrogen-bond acceptors (Lipinski definition) is 3. The van der Waals surface area contributed by atoms with Crippen molar-refractivity contribution >= 4 is 5.70 Å². The Morgan fingerprint density at radius 1 is 1.08 bits per heavy atom. The van der Waals surface area contributed by atoms with Crippen molar-refractivity contribution < 1.29 is 10.2 Å². The maximum Gasteiger partial charge on any atom is 0.0687 e. The number of hydrogen-bond donors (Lipinski definition) is 3. The molecule has 0 atom stereocenters. The first-order valence-corrected chi connectivity index (χ1v) is 4.04. The smallest absolute Gasteiger partial charge is 0.0687 e. The van der Waals surface area contributed by atoms with Gasteiger partial charge in [-0.3, -0.25) is 0 Å². The molecule has 0 bridgehead atoms. The second-order valence-corrected chi connectivity index (χ2v) is 2.70. The first kappa shape index (κ1) is 9.77. The Bertz CT molecular complexity index is 287.